The fourth-order valence-corrected chi connectivity index (χ4v) is 1.16. The number of hydrogen-bond acceptors (Lipinski definition) is 2. The zero-order valence-corrected chi connectivity index (χ0v) is 6.69. The molecule has 0 spiro atoms. The van der Waals surface area contributed by atoms with Crippen LogP contribution in [0.2, 0.25) is 0 Å². The fourth-order valence-electron chi connectivity index (χ4n) is 1.16. The lowest BCUT2D eigenvalue weighted by molar-refractivity contribution is 0.870. The molecular weight excluding hydrogens is 152 g/mol. The van der Waals surface area contributed by atoms with Gasteiger partial charge in [-0.3, -0.25) is 9.78 Å². The van der Waals surface area contributed by atoms with Crippen LogP contribution in [0.4, 0.5) is 0 Å². The van der Waals surface area contributed by atoms with Crippen molar-refractivity contribution in [3.63, 3.8) is 0 Å². The van der Waals surface area contributed by atoms with E-state index in [1.54, 1.807) is 36.3 Å². The van der Waals surface area contributed by atoms with Gasteiger partial charge in [0.05, 0.1) is 0 Å². The van der Waals surface area contributed by atoms with Crippen molar-refractivity contribution in [2.75, 3.05) is 0 Å². The maximum atomic E-state index is 11.2. The number of pyridine rings is 2. The zero-order valence-electron chi connectivity index (χ0n) is 6.69. The molecule has 3 nitrogen and oxygen atoms in total. The van der Waals surface area contributed by atoms with E-state index in [2.05, 4.69) is 4.98 Å². The first-order chi connectivity index (χ1) is 5.77. The van der Waals surface area contributed by atoms with Crippen molar-refractivity contribution in [1.29, 1.82) is 0 Å². The van der Waals surface area contributed by atoms with Gasteiger partial charge in [-0.15, -0.1) is 0 Å². The predicted octanol–water partition coefficient (Wildman–Crippen LogP) is 0.933. The minimum Gasteiger partial charge on any atom is -0.318 e. The van der Waals surface area contributed by atoms with Crippen molar-refractivity contribution in [2.45, 2.75) is 0 Å². The highest BCUT2D eigenvalue weighted by Gasteiger charge is 1.94. The van der Waals surface area contributed by atoms with Gasteiger partial charge in [-0.05, 0) is 11.5 Å². The number of aryl methyl sites for hydroxylation is 1. The Kier molecular flexibility index (Phi) is 1.43. The van der Waals surface area contributed by atoms with Gasteiger partial charge in [0, 0.05) is 37.1 Å². The largest absolute Gasteiger partial charge is 0.318 e. The van der Waals surface area contributed by atoms with Crippen LogP contribution in [0.15, 0.2) is 35.5 Å². The molecule has 0 radical (unpaired) electrons. The average Bonchev–Trinajstić information content (AvgIpc) is 2.07. The summed E-state index contributed by atoms with van der Waals surface area (Å²) in [5.74, 6) is 0. The van der Waals surface area contributed by atoms with Crippen LogP contribution in [-0.4, -0.2) is 9.55 Å². The monoisotopic (exact) mass is 160 g/mol. The normalized spacial score (nSPS) is 10.4. The molecular formula is C9H8N2O. The number of rotatable bonds is 0. The Morgan fingerprint density at radius 1 is 1.42 bits per heavy atom. The summed E-state index contributed by atoms with van der Waals surface area (Å²) < 4.78 is 1.55. The van der Waals surface area contributed by atoms with Gasteiger partial charge in [0.2, 0.25) is 0 Å². The van der Waals surface area contributed by atoms with Crippen LogP contribution < -0.4 is 5.56 Å². The summed E-state index contributed by atoms with van der Waals surface area (Å²) >= 11 is 0. The third-order valence-corrected chi connectivity index (χ3v) is 1.85. The van der Waals surface area contributed by atoms with Crippen LogP contribution >= 0.6 is 0 Å². The average molecular weight is 160 g/mol. The van der Waals surface area contributed by atoms with Crippen molar-refractivity contribution in [1.82, 2.24) is 9.55 Å². The van der Waals surface area contributed by atoms with Gasteiger partial charge in [-0.1, -0.05) is 0 Å². The summed E-state index contributed by atoms with van der Waals surface area (Å²) in [5, 5.41) is 1.92. The smallest absolute Gasteiger partial charge is 0.250 e. The SMILES string of the molecule is Cn1cc2cnccc2cc1=O. The molecule has 0 fully saturated rings. The third-order valence-electron chi connectivity index (χ3n) is 1.85. The Labute approximate surface area is 69.3 Å². The summed E-state index contributed by atoms with van der Waals surface area (Å²) in [6.45, 7) is 0. The van der Waals surface area contributed by atoms with E-state index in [1.165, 1.54) is 0 Å². The summed E-state index contributed by atoms with van der Waals surface area (Å²) in [6, 6.07) is 3.44. The highest BCUT2D eigenvalue weighted by Crippen LogP contribution is 2.06. The lowest BCUT2D eigenvalue weighted by Gasteiger charge is -1.98. The zero-order chi connectivity index (χ0) is 8.55. The maximum absolute atomic E-state index is 11.2. The van der Waals surface area contributed by atoms with Crippen LogP contribution in [0.5, 0.6) is 0 Å². The molecule has 0 saturated carbocycles. The van der Waals surface area contributed by atoms with Crippen molar-refractivity contribution < 1.29 is 0 Å². The Morgan fingerprint density at radius 3 is 3.08 bits per heavy atom. The second-order valence-corrected chi connectivity index (χ2v) is 2.73. The van der Waals surface area contributed by atoms with Gasteiger partial charge in [0.25, 0.3) is 5.56 Å². The Balaban J connectivity index is 2.93. The molecule has 0 aliphatic carbocycles. The van der Waals surface area contributed by atoms with E-state index in [-0.39, 0.29) is 5.56 Å². The number of aromatic nitrogens is 2. The minimum atomic E-state index is 0.00806. The molecule has 0 unspecified atom stereocenters. The minimum absolute atomic E-state index is 0.00806. The highest BCUT2D eigenvalue weighted by molar-refractivity contribution is 5.80. The molecule has 0 amide bonds. The van der Waals surface area contributed by atoms with Crippen molar-refractivity contribution in [3.8, 4) is 0 Å². The second-order valence-electron chi connectivity index (χ2n) is 2.73. The number of nitrogens with zero attached hydrogens (tertiary/aromatic N) is 2. The summed E-state index contributed by atoms with van der Waals surface area (Å²) in [4.78, 5) is 15.1. The quantitative estimate of drug-likeness (QED) is 0.574. The lowest BCUT2D eigenvalue weighted by atomic mass is 10.2. The van der Waals surface area contributed by atoms with Gasteiger partial charge >= 0.3 is 0 Å². The Hall–Kier alpha value is -1.64. The third kappa shape index (κ3) is 0.993. The molecule has 0 atom stereocenters. The summed E-state index contributed by atoms with van der Waals surface area (Å²) in [7, 11) is 1.73. The van der Waals surface area contributed by atoms with Gasteiger partial charge in [-0.25, -0.2) is 0 Å². The summed E-state index contributed by atoms with van der Waals surface area (Å²) in [5.41, 5.74) is 0.00806. The van der Waals surface area contributed by atoms with Gasteiger partial charge < -0.3 is 4.57 Å². The van der Waals surface area contributed by atoms with E-state index < -0.39 is 0 Å². The molecule has 2 heterocycles. The molecule has 0 aliphatic heterocycles. The van der Waals surface area contributed by atoms with Crippen LogP contribution in [0.3, 0.4) is 0 Å². The van der Waals surface area contributed by atoms with Gasteiger partial charge in [0.15, 0.2) is 0 Å². The van der Waals surface area contributed by atoms with E-state index in [4.69, 9.17) is 0 Å². The molecule has 0 N–H and O–H groups in total. The van der Waals surface area contributed by atoms with Gasteiger partial charge in [0.1, 0.15) is 0 Å². The van der Waals surface area contributed by atoms with E-state index in [0.717, 1.165) is 10.8 Å². The van der Waals surface area contributed by atoms with Gasteiger partial charge in [-0.2, -0.15) is 0 Å². The van der Waals surface area contributed by atoms with Crippen LogP contribution in [0, 0.1) is 0 Å². The van der Waals surface area contributed by atoms with E-state index >= 15 is 0 Å². The molecule has 2 aromatic heterocycles. The molecule has 60 valence electrons. The second kappa shape index (κ2) is 2.44. The van der Waals surface area contributed by atoms with Crippen molar-refractivity contribution in [3.05, 3.63) is 41.1 Å². The topological polar surface area (TPSA) is 34.9 Å². The summed E-state index contributed by atoms with van der Waals surface area (Å²) in [6.07, 6.45) is 5.21. The van der Waals surface area contributed by atoms with E-state index in [1.807, 2.05) is 6.07 Å². The number of hydrogen-bond donors (Lipinski definition) is 0. The molecule has 0 bridgehead atoms. The van der Waals surface area contributed by atoms with Crippen molar-refractivity contribution >= 4 is 10.8 Å². The maximum Gasteiger partial charge on any atom is 0.250 e. The molecule has 0 aromatic carbocycles. The molecule has 3 heteroatoms. The Bertz CT molecular complexity index is 473. The predicted molar refractivity (Wildman–Crippen MR) is 47.0 cm³/mol. The molecule has 12 heavy (non-hydrogen) atoms. The fraction of sp³-hybridized carbons (Fsp3) is 0.111. The Morgan fingerprint density at radius 2 is 2.25 bits per heavy atom. The molecule has 2 rings (SSSR count). The van der Waals surface area contributed by atoms with E-state index in [0.29, 0.717) is 0 Å². The van der Waals surface area contributed by atoms with Crippen LogP contribution in [0.1, 0.15) is 0 Å². The first kappa shape index (κ1) is 7.03. The lowest BCUT2D eigenvalue weighted by Crippen LogP contribution is -2.13. The number of fused-ring (bicyclic) bond motifs is 1. The first-order valence-electron chi connectivity index (χ1n) is 3.68. The first-order valence-corrected chi connectivity index (χ1v) is 3.68. The standard InChI is InChI=1S/C9H8N2O/c1-11-6-8-5-10-3-2-7(8)4-9(11)12/h2-6H,1H3. The highest BCUT2D eigenvalue weighted by atomic mass is 16.1. The van der Waals surface area contributed by atoms with Crippen molar-refractivity contribution in [2.24, 2.45) is 7.05 Å². The molecule has 0 aliphatic rings. The van der Waals surface area contributed by atoms with Crippen LogP contribution in [-0.2, 0) is 7.05 Å². The molecule has 0 saturated heterocycles. The van der Waals surface area contributed by atoms with Crippen LogP contribution in [0.25, 0.3) is 10.8 Å². The molecule has 2 aromatic rings. The van der Waals surface area contributed by atoms with E-state index in [9.17, 15) is 4.79 Å².